The maximum absolute atomic E-state index is 13.6. The van der Waals surface area contributed by atoms with Crippen LogP contribution in [0.25, 0.3) is 0 Å². The summed E-state index contributed by atoms with van der Waals surface area (Å²) in [6, 6.07) is 9.67. The summed E-state index contributed by atoms with van der Waals surface area (Å²) in [6.45, 7) is 1.87. The number of nitrogens with one attached hydrogen (secondary N) is 1. The van der Waals surface area contributed by atoms with Crippen LogP contribution in [0.1, 0.15) is 16.9 Å². The average molecular weight is 356 g/mol. The predicted octanol–water partition coefficient (Wildman–Crippen LogP) is 1.72. The summed E-state index contributed by atoms with van der Waals surface area (Å²) in [6.07, 6.45) is 2.51. The van der Waals surface area contributed by atoms with Crippen LogP contribution in [0.4, 0.5) is 10.1 Å². The molecule has 2 amide bonds. The minimum Gasteiger partial charge on any atom is -0.357 e. The Bertz CT molecular complexity index is 838. The number of H-pyrrole nitrogens is 1. The Kier molecular flexibility index (Phi) is 4.03. The first-order valence-corrected chi connectivity index (χ1v) is 8.68. The number of likely N-dealkylation sites (tertiary alicyclic amines) is 1. The van der Waals surface area contributed by atoms with E-state index < -0.39 is 0 Å². The van der Waals surface area contributed by atoms with Crippen LogP contribution in [0.2, 0.25) is 0 Å². The van der Waals surface area contributed by atoms with Crippen molar-refractivity contribution in [3.8, 4) is 0 Å². The van der Waals surface area contributed by atoms with Crippen molar-refractivity contribution in [1.82, 2.24) is 14.8 Å². The van der Waals surface area contributed by atoms with Crippen molar-refractivity contribution < 1.29 is 14.0 Å². The van der Waals surface area contributed by atoms with Gasteiger partial charge in [-0.1, -0.05) is 6.07 Å². The monoisotopic (exact) mass is 356 g/mol. The fraction of sp³-hybridized carbons (Fsp3) is 0.368. The Morgan fingerprint density at radius 3 is 2.81 bits per heavy atom. The number of aromatic amines is 1. The SMILES string of the molecule is CN1CC(=O)N(c2cccc(F)c2)C[C@@]12CCN(C(=O)c1ccc[nH]1)C2. The number of carbonyl (C=O) groups excluding carboxylic acids is 2. The molecule has 1 aromatic heterocycles. The fourth-order valence-electron chi connectivity index (χ4n) is 3.94. The van der Waals surface area contributed by atoms with Gasteiger partial charge in [-0.25, -0.2) is 4.39 Å². The molecule has 0 radical (unpaired) electrons. The minimum atomic E-state index is -0.363. The number of nitrogens with zero attached hydrogens (tertiary/aromatic N) is 3. The van der Waals surface area contributed by atoms with Gasteiger partial charge >= 0.3 is 0 Å². The van der Waals surface area contributed by atoms with Gasteiger partial charge in [0.15, 0.2) is 0 Å². The molecule has 2 aliphatic heterocycles. The summed E-state index contributed by atoms with van der Waals surface area (Å²) < 4.78 is 13.6. The number of anilines is 1. The number of hydrogen-bond donors (Lipinski definition) is 1. The van der Waals surface area contributed by atoms with Crippen molar-refractivity contribution in [2.75, 3.05) is 38.1 Å². The lowest BCUT2D eigenvalue weighted by Gasteiger charge is -2.46. The van der Waals surface area contributed by atoms with Gasteiger partial charge in [0.1, 0.15) is 11.5 Å². The Hall–Kier alpha value is -2.67. The highest BCUT2D eigenvalue weighted by Crippen LogP contribution is 2.34. The van der Waals surface area contributed by atoms with E-state index in [1.165, 1.54) is 12.1 Å². The maximum Gasteiger partial charge on any atom is 0.270 e. The van der Waals surface area contributed by atoms with Crippen LogP contribution in [0.15, 0.2) is 42.6 Å². The molecule has 1 atom stereocenters. The molecule has 0 bridgehead atoms. The summed E-state index contributed by atoms with van der Waals surface area (Å²) in [5, 5.41) is 0. The van der Waals surface area contributed by atoms with Gasteiger partial charge in [-0.05, 0) is 43.8 Å². The van der Waals surface area contributed by atoms with E-state index in [1.807, 2.05) is 16.8 Å². The number of carbonyl (C=O) groups is 2. The van der Waals surface area contributed by atoms with E-state index in [4.69, 9.17) is 0 Å². The summed E-state index contributed by atoms with van der Waals surface area (Å²) in [4.78, 5) is 33.6. The molecule has 1 spiro atoms. The number of rotatable bonds is 2. The van der Waals surface area contributed by atoms with E-state index in [9.17, 15) is 14.0 Å². The molecular weight excluding hydrogens is 335 g/mol. The highest BCUT2D eigenvalue weighted by atomic mass is 19.1. The summed E-state index contributed by atoms with van der Waals surface area (Å²) in [5.41, 5.74) is 0.817. The van der Waals surface area contributed by atoms with Crippen LogP contribution in [-0.2, 0) is 4.79 Å². The molecule has 4 rings (SSSR count). The van der Waals surface area contributed by atoms with Crippen molar-refractivity contribution in [2.24, 2.45) is 0 Å². The number of likely N-dealkylation sites (N-methyl/N-ethyl adjacent to an activating group) is 1. The number of halogens is 1. The minimum absolute atomic E-state index is 0.0329. The number of benzene rings is 1. The van der Waals surface area contributed by atoms with E-state index in [0.29, 0.717) is 31.0 Å². The standard InChI is InChI=1S/C19H21FN4O2/c1-22-11-17(25)24(15-5-2-4-14(20)10-15)13-19(22)7-9-23(12-19)18(26)16-6-3-8-21-16/h2-6,8,10,21H,7,9,11-13H2,1H3/t19-/m0/s1. The van der Waals surface area contributed by atoms with Crippen LogP contribution in [0, 0.1) is 5.82 Å². The lowest BCUT2D eigenvalue weighted by atomic mass is 9.92. The zero-order chi connectivity index (χ0) is 18.3. The summed E-state index contributed by atoms with van der Waals surface area (Å²) in [7, 11) is 1.92. The first-order valence-electron chi connectivity index (χ1n) is 8.68. The molecular formula is C19H21FN4O2. The quantitative estimate of drug-likeness (QED) is 0.891. The number of amides is 2. The first-order chi connectivity index (χ1) is 12.5. The van der Waals surface area contributed by atoms with E-state index in [-0.39, 0.29) is 29.7 Å². The molecule has 1 aromatic carbocycles. The molecule has 2 aromatic rings. The molecule has 7 heteroatoms. The van der Waals surface area contributed by atoms with Gasteiger partial charge in [-0.15, -0.1) is 0 Å². The van der Waals surface area contributed by atoms with Crippen LogP contribution in [0.3, 0.4) is 0 Å². The highest BCUT2D eigenvalue weighted by Gasteiger charge is 2.48. The van der Waals surface area contributed by atoms with Gasteiger partial charge in [0, 0.05) is 31.5 Å². The van der Waals surface area contributed by atoms with E-state index >= 15 is 0 Å². The Labute approximate surface area is 151 Å². The second kappa shape index (κ2) is 6.25. The third-order valence-electron chi connectivity index (χ3n) is 5.50. The predicted molar refractivity (Wildman–Crippen MR) is 95.4 cm³/mol. The van der Waals surface area contributed by atoms with Gasteiger partial charge in [0.2, 0.25) is 5.91 Å². The van der Waals surface area contributed by atoms with Crippen LogP contribution >= 0.6 is 0 Å². The van der Waals surface area contributed by atoms with Gasteiger partial charge in [-0.2, -0.15) is 0 Å². The number of hydrogen-bond acceptors (Lipinski definition) is 3. The molecule has 0 saturated carbocycles. The number of piperazine rings is 1. The van der Waals surface area contributed by atoms with Crippen molar-refractivity contribution >= 4 is 17.5 Å². The largest absolute Gasteiger partial charge is 0.357 e. The Morgan fingerprint density at radius 2 is 2.08 bits per heavy atom. The molecule has 2 fully saturated rings. The third kappa shape index (κ3) is 2.78. The fourth-order valence-corrected chi connectivity index (χ4v) is 3.94. The molecule has 26 heavy (non-hydrogen) atoms. The second-order valence-corrected chi connectivity index (χ2v) is 7.10. The molecule has 0 unspecified atom stereocenters. The van der Waals surface area contributed by atoms with E-state index in [1.54, 1.807) is 35.4 Å². The molecule has 2 aliphatic rings. The van der Waals surface area contributed by atoms with E-state index in [2.05, 4.69) is 4.98 Å². The summed E-state index contributed by atoms with van der Waals surface area (Å²) in [5.74, 6) is -0.453. The smallest absolute Gasteiger partial charge is 0.270 e. The van der Waals surface area contributed by atoms with Crippen LogP contribution in [0.5, 0.6) is 0 Å². The normalized spacial score (nSPS) is 23.8. The maximum atomic E-state index is 13.6. The zero-order valence-corrected chi connectivity index (χ0v) is 14.6. The van der Waals surface area contributed by atoms with Crippen molar-refractivity contribution in [2.45, 2.75) is 12.0 Å². The zero-order valence-electron chi connectivity index (χ0n) is 14.6. The first kappa shape index (κ1) is 16.8. The van der Waals surface area contributed by atoms with Crippen molar-refractivity contribution in [1.29, 1.82) is 0 Å². The van der Waals surface area contributed by atoms with Crippen LogP contribution in [-0.4, -0.2) is 65.4 Å². The van der Waals surface area contributed by atoms with Gasteiger partial charge < -0.3 is 14.8 Å². The second-order valence-electron chi connectivity index (χ2n) is 7.10. The molecule has 3 heterocycles. The highest BCUT2D eigenvalue weighted by molar-refractivity contribution is 5.96. The summed E-state index contributed by atoms with van der Waals surface area (Å²) >= 11 is 0. The molecule has 1 N–H and O–H groups in total. The van der Waals surface area contributed by atoms with E-state index in [0.717, 1.165) is 6.42 Å². The Morgan fingerprint density at radius 1 is 1.23 bits per heavy atom. The Balaban J connectivity index is 1.57. The van der Waals surface area contributed by atoms with Gasteiger partial charge in [-0.3, -0.25) is 14.5 Å². The lowest BCUT2D eigenvalue weighted by molar-refractivity contribution is -0.123. The van der Waals surface area contributed by atoms with Gasteiger partial charge in [0.25, 0.3) is 5.91 Å². The van der Waals surface area contributed by atoms with Crippen molar-refractivity contribution in [3.63, 3.8) is 0 Å². The van der Waals surface area contributed by atoms with Gasteiger partial charge in [0.05, 0.1) is 12.1 Å². The van der Waals surface area contributed by atoms with Crippen LogP contribution < -0.4 is 4.90 Å². The molecule has 136 valence electrons. The molecule has 2 saturated heterocycles. The number of aromatic nitrogens is 1. The lowest BCUT2D eigenvalue weighted by Crippen LogP contribution is -2.64. The molecule has 6 nitrogen and oxygen atoms in total. The average Bonchev–Trinajstić information content (AvgIpc) is 3.29. The van der Waals surface area contributed by atoms with Crippen molar-refractivity contribution in [3.05, 3.63) is 54.1 Å². The topological polar surface area (TPSA) is 59.7 Å². The molecule has 0 aliphatic carbocycles. The third-order valence-corrected chi connectivity index (χ3v) is 5.50.